The molecule has 1 fully saturated rings. The van der Waals surface area contributed by atoms with Gasteiger partial charge < -0.3 is 14.4 Å². The van der Waals surface area contributed by atoms with E-state index in [2.05, 4.69) is 14.9 Å². The van der Waals surface area contributed by atoms with Crippen molar-refractivity contribution in [2.75, 3.05) is 38.3 Å². The molecule has 0 bridgehead atoms. The van der Waals surface area contributed by atoms with Crippen LogP contribution in [0.5, 0.6) is 5.75 Å². The molecule has 3 rings (SSSR count). The first-order chi connectivity index (χ1) is 10.3. The van der Waals surface area contributed by atoms with Crippen LogP contribution in [0.3, 0.4) is 0 Å². The van der Waals surface area contributed by atoms with Gasteiger partial charge in [0.15, 0.2) is 0 Å². The highest BCUT2D eigenvalue weighted by atomic mass is 35.5. The number of aromatic nitrogens is 2. The van der Waals surface area contributed by atoms with E-state index in [1.807, 2.05) is 37.3 Å². The number of methoxy groups -OCH3 is 1. The number of nitrogens with zero attached hydrogens (tertiary/aromatic N) is 3. The fraction of sp³-hybridized carbons (Fsp3) is 0.375. The average molecular weight is 322 g/mol. The maximum absolute atomic E-state index is 5.39. The Bertz CT molecular complexity index is 613. The third kappa shape index (κ3) is 3.67. The molecule has 0 aliphatic carbocycles. The highest BCUT2D eigenvalue weighted by Gasteiger charge is 2.14. The van der Waals surface area contributed by atoms with Crippen LogP contribution in [0, 0.1) is 6.92 Å². The van der Waals surface area contributed by atoms with Crippen molar-refractivity contribution in [1.82, 2.24) is 9.97 Å². The van der Waals surface area contributed by atoms with E-state index in [0.717, 1.165) is 55.0 Å². The number of aryl methyl sites for hydroxylation is 1. The van der Waals surface area contributed by atoms with Crippen LogP contribution in [0.1, 0.15) is 5.82 Å². The first-order valence-corrected chi connectivity index (χ1v) is 7.09. The molecule has 1 aromatic heterocycles. The van der Waals surface area contributed by atoms with Gasteiger partial charge >= 0.3 is 0 Å². The van der Waals surface area contributed by atoms with Gasteiger partial charge in [-0.25, -0.2) is 9.97 Å². The number of hydrogen-bond donors (Lipinski definition) is 0. The van der Waals surface area contributed by atoms with Crippen molar-refractivity contribution in [3.63, 3.8) is 0 Å². The standard InChI is InChI=1S/C16H19N3O2.ClH/c1-12-17-15(13-3-5-14(20-2)6-4-13)11-16(18-12)19-7-9-21-10-8-19;/h3-6,11H,7-10H2,1-2H3;1H. The van der Waals surface area contributed by atoms with Gasteiger partial charge in [0.2, 0.25) is 0 Å². The van der Waals surface area contributed by atoms with Crippen LogP contribution in [0.4, 0.5) is 5.82 Å². The molecule has 5 nitrogen and oxygen atoms in total. The third-order valence-electron chi connectivity index (χ3n) is 3.55. The average Bonchev–Trinajstić information content (AvgIpc) is 2.55. The minimum atomic E-state index is 0. The number of morpholine rings is 1. The Kier molecular flexibility index (Phi) is 5.57. The zero-order chi connectivity index (χ0) is 14.7. The molecule has 1 aliphatic rings. The second-order valence-corrected chi connectivity index (χ2v) is 4.99. The molecule has 0 atom stereocenters. The van der Waals surface area contributed by atoms with Gasteiger partial charge in [0.25, 0.3) is 0 Å². The van der Waals surface area contributed by atoms with Crippen molar-refractivity contribution in [2.24, 2.45) is 0 Å². The minimum Gasteiger partial charge on any atom is -0.497 e. The van der Waals surface area contributed by atoms with Crippen molar-refractivity contribution >= 4 is 18.2 Å². The van der Waals surface area contributed by atoms with E-state index in [9.17, 15) is 0 Å². The minimum absolute atomic E-state index is 0. The number of ether oxygens (including phenoxy) is 2. The monoisotopic (exact) mass is 321 g/mol. The Morgan fingerprint density at radius 2 is 1.77 bits per heavy atom. The molecule has 0 saturated carbocycles. The normalized spacial score (nSPS) is 14.4. The number of rotatable bonds is 3. The molecule has 6 heteroatoms. The van der Waals surface area contributed by atoms with Crippen LogP contribution in [0.25, 0.3) is 11.3 Å². The molecule has 22 heavy (non-hydrogen) atoms. The van der Waals surface area contributed by atoms with Crippen molar-refractivity contribution in [3.05, 3.63) is 36.2 Å². The molecule has 0 radical (unpaired) electrons. The summed E-state index contributed by atoms with van der Waals surface area (Å²) in [6.07, 6.45) is 0. The maximum Gasteiger partial charge on any atom is 0.133 e. The van der Waals surface area contributed by atoms with E-state index in [1.165, 1.54) is 0 Å². The number of benzene rings is 1. The smallest absolute Gasteiger partial charge is 0.133 e. The quantitative estimate of drug-likeness (QED) is 0.870. The highest BCUT2D eigenvalue weighted by molar-refractivity contribution is 5.85. The predicted molar refractivity (Wildman–Crippen MR) is 89.0 cm³/mol. The zero-order valence-electron chi connectivity index (χ0n) is 12.8. The molecular weight excluding hydrogens is 302 g/mol. The van der Waals surface area contributed by atoms with Gasteiger partial charge in [-0.2, -0.15) is 0 Å². The fourth-order valence-corrected chi connectivity index (χ4v) is 2.42. The van der Waals surface area contributed by atoms with Gasteiger partial charge in [0.1, 0.15) is 17.4 Å². The van der Waals surface area contributed by atoms with Crippen LogP contribution < -0.4 is 9.64 Å². The summed E-state index contributed by atoms with van der Waals surface area (Å²) in [7, 11) is 1.67. The molecular formula is C16H20ClN3O2. The molecule has 0 unspecified atom stereocenters. The van der Waals surface area contributed by atoms with Crippen LogP contribution in [0.15, 0.2) is 30.3 Å². The third-order valence-corrected chi connectivity index (χ3v) is 3.55. The summed E-state index contributed by atoms with van der Waals surface area (Å²) >= 11 is 0. The lowest BCUT2D eigenvalue weighted by Crippen LogP contribution is -2.36. The SMILES string of the molecule is COc1ccc(-c2cc(N3CCOCC3)nc(C)n2)cc1.Cl. The lowest BCUT2D eigenvalue weighted by molar-refractivity contribution is 0.122. The van der Waals surface area contributed by atoms with Crippen molar-refractivity contribution in [2.45, 2.75) is 6.92 Å². The summed E-state index contributed by atoms with van der Waals surface area (Å²) in [6.45, 7) is 5.18. The van der Waals surface area contributed by atoms with Gasteiger partial charge in [-0.3, -0.25) is 0 Å². The number of halogens is 1. The zero-order valence-corrected chi connectivity index (χ0v) is 13.6. The highest BCUT2D eigenvalue weighted by Crippen LogP contribution is 2.24. The maximum atomic E-state index is 5.39. The predicted octanol–water partition coefficient (Wildman–Crippen LogP) is 2.72. The molecule has 1 aliphatic heterocycles. The first-order valence-electron chi connectivity index (χ1n) is 7.09. The molecule has 1 saturated heterocycles. The summed E-state index contributed by atoms with van der Waals surface area (Å²) in [6, 6.07) is 9.97. The molecule has 2 heterocycles. The van der Waals surface area contributed by atoms with E-state index in [1.54, 1.807) is 7.11 Å². The summed E-state index contributed by atoms with van der Waals surface area (Å²) in [5.41, 5.74) is 2.00. The van der Waals surface area contributed by atoms with E-state index < -0.39 is 0 Å². The van der Waals surface area contributed by atoms with E-state index in [4.69, 9.17) is 9.47 Å². The van der Waals surface area contributed by atoms with Gasteiger partial charge in [0, 0.05) is 24.7 Å². The van der Waals surface area contributed by atoms with Gasteiger partial charge in [0.05, 0.1) is 26.0 Å². The Labute approximate surface area is 136 Å². The fourth-order valence-electron chi connectivity index (χ4n) is 2.42. The second kappa shape index (κ2) is 7.42. The van der Waals surface area contributed by atoms with Crippen molar-refractivity contribution in [1.29, 1.82) is 0 Å². The second-order valence-electron chi connectivity index (χ2n) is 4.99. The van der Waals surface area contributed by atoms with Crippen LogP contribution in [0.2, 0.25) is 0 Å². The molecule has 118 valence electrons. The summed E-state index contributed by atoms with van der Waals surface area (Å²) in [4.78, 5) is 11.3. The van der Waals surface area contributed by atoms with Crippen LogP contribution in [-0.2, 0) is 4.74 Å². The number of hydrogen-bond acceptors (Lipinski definition) is 5. The lowest BCUT2D eigenvalue weighted by Gasteiger charge is -2.28. The van der Waals surface area contributed by atoms with Gasteiger partial charge in [-0.1, -0.05) is 0 Å². The lowest BCUT2D eigenvalue weighted by atomic mass is 10.1. The Morgan fingerprint density at radius 3 is 2.41 bits per heavy atom. The van der Waals surface area contributed by atoms with Crippen molar-refractivity contribution in [3.8, 4) is 17.0 Å². The molecule has 0 amide bonds. The Balaban J connectivity index is 0.00000176. The van der Waals surface area contributed by atoms with E-state index in [0.29, 0.717) is 0 Å². The largest absolute Gasteiger partial charge is 0.497 e. The summed E-state index contributed by atoms with van der Waals surface area (Å²) in [5, 5.41) is 0. The van der Waals surface area contributed by atoms with E-state index in [-0.39, 0.29) is 12.4 Å². The van der Waals surface area contributed by atoms with Crippen LogP contribution >= 0.6 is 12.4 Å². The van der Waals surface area contributed by atoms with Crippen LogP contribution in [-0.4, -0.2) is 43.4 Å². The molecule has 0 N–H and O–H groups in total. The van der Waals surface area contributed by atoms with Gasteiger partial charge in [-0.05, 0) is 31.2 Å². The molecule has 1 aromatic carbocycles. The topological polar surface area (TPSA) is 47.5 Å². The molecule has 2 aromatic rings. The summed E-state index contributed by atoms with van der Waals surface area (Å²) < 4.78 is 10.6. The van der Waals surface area contributed by atoms with E-state index >= 15 is 0 Å². The first kappa shape index (κ1) is 16.5. The summed E-state index contributed by atoms with van der Waals surface area (Å²) in [5.74, 6) is 2.60. The van der Waals surface area contributed by atoms with Crippen molar-refractivity contribution < 1.29 is 9.47 Å². The number of anilines is 1. The Hall–Kier alpha value is -1.85. The molecule has 0 spiro atoms. The van der Waals surface area contributed by atoms with Gasteiger partial charge in [-0.15, -0.1) is 12.4 Å². The Morgan fingerprint density at radius 1 is 1.09 bits per heavy atom.